The maximum Gasteiger partial charge on any atom is 0.322 e. The third-order valence-electron chi connectivity index (χ3n) is 4.71. The van der Waals surface area contributed by atoms with Crippen LogP contribution < -0.4 is 5.32 Å². The van der Waals surface area contributed by atoms with Crippen molar-refractivity contribution in [1.82, 2.24) is 5.32 Å². The Morgan fingerprint density at radius 1 is 1.42 bits per heavy atom. The third kappa shape index (κ3) is 3.44. The Balaban J connectivity index is 2.65. The van der Waals surface area contributed by atoms with Gasteiger partial charge in [0, 0.05) is 29.8 Å². The Bertz CT molecular complexity index is 764. The SMILES string of the molecule is CC(=O)C1(C(=O)OCCCl)C(C)NC(C)=CC1c1cccc([N+](=O)[O-])c1. The number of rotatable bonds is 6. The number of hydrogen-bond donors (Lipinski definition) is 1. The molecule has 0 amide bonds. The van der Waals surface area contributed by atoms with Gasteiger partial charge in [0.15, 0.2) is 5.41 Å². The first-order valence-corrected chi connectivity index (χ1v) is 8.72. The summed E-state index contributed by atoms with van der Waals surface area (Å²) in [6.45, 7) is 4.85. The summed E-state index contributed by atoms with van der Waals surface area (Å²) in [5.41, 5.74) is -0.367. The number of nitro benzene ring substituents is 1. The van der Waals surface area contributed by atoms with Crippen LogP contribution in [-0.4, -0.2) is 35.2 Å². The van der Waals surface area contributed by atoms with E-state index >= 15 is 0 Å². The highest BCUT2D eigenvalue weighted by Gasteiger charge is 2.57. The third-order valence-corrected chi connectivity index (χ3v) is 4.86. The van der Waals surface area contributed by atoms with Gasteiger partial charge >= 0.3 is 5.97 Å². The summed E-state index contributed by atoms with van der Waals surface area (Å²) in [6.07, 6.45) is 1.74. The minimum Gasteiger partial charge on any atom is -0.464 e. The van der Waals surface area contributed by atoms with E-state index in [-0.39, 0.29) is 24.0 Å². The smallest absolute Gasteiger partial charge is 0.322 e. The Morgan fingerprint density at radius 2 is 2.12 bits per heavy atom. The van der Waals surface area contributed by atoms with Crippen LogP contribution in [0, 0.1) is 15.5 Å². The second kappa shape index (κ2) is 7.86. The maximum absolute atomic E-state index is 12.9. The van der Waals surface area contributed by atoms with Crippen molar-refractivity contribution in [2.45, 2.75) is 32.7 Å². The predicted octanol–water partition coefficient (Wildman–Crippen LogP) is 2.93. The van der Waals surface area contributed by atoms with Crippen molar-refractivity contribution in [1.29, 1.82) is 0 Å². The van der Waals surface area contributed by atoms with Gasteiger partial charge in [0.1, 0.15) is 12.4 Å². The molecule has 0 saturated carbocycles. The van der Waals surface area contributed by atoms with Crippen LogP contribution in [-0.2, 0) is 14.3 Å². The lowest BCUT2D eigenvalue weighted by atomic mass is 9.63. The van der Waals surface area contributed by atoms with Gasteiger partial charge in [-0.15, -0.1) is 11.6 Å². The molecule has 0 spiro atoms. The first kappa shape index (κ1) is 19.9. The number of alkyl halides is 1. The molecule has 3 unspecified atom stereocenters. The van der Waals surface area contributed by atoms with Crippen molar-refractivity contribution in [3.05, 3.63) is 51.7 Å². The molecule has 1 N–H and O–H groups in total. The summed E-state index contributed by atoms with van der Waals surface area (Å²) in [5, 5.41) is 14.3. The average Bonchev–Trinajstić information content (AvgIpc) is 2.59. The molecule has 1 heterocycles. The van der Waals surface area contributed by atoms with E-state index in [2.05, 4.69) is 5.32 Å². The van der Waals surface area contributed by atoms with Gasteiger partial charge in [-0.3, -0.25) is 19.7 Å². The van der Waals surface area contributed by atoms with E-state index in [1.807, 2.05) is 6.92 Å². The van der Waals surface area contributed by atoms with Crippen LogP contribution in [0.15, 0.2) is 36.0 Å². The molecule has 7 nitrogen and oxygen atoms in total. The van der Waals surface area contributed by atoms with Gasteiger partial charge in [-0.05, 0) is 26.3 Å². The van der Waals surface area contributed by atoms with Crippen LogP contribution in [0.2, 0.25) is 0 Å². The number of non-ortho nitro benzene ring substituents is 1. The summed E-state index contributed by atoms with van der Waals surface area (Å²) >= 11 is 5.61. The highest BCUT2D eigenvalue weighted by molar-refractivity contribution is 6.18. The molecule has 0 fully saturated rings. The van der Waals surface area contributed by atoms with E-state index in [4.69, 9.17) is 16.3 Å². The van der Waals surface area contributed by atoms with Crippen molar-refractivity contribution in [2.75, 3.05) is 12.5 Å². The summed E-state index contributed by atoms with van der Waals surface area (Å²) in [5.74, 6) is -1.65. The fraction of sp³-hybridized carbons (Fsp3) is 0.444. The van der Waals surface area contributed by atoms with Crippen LogP contribution in [0.25, 0.3) is 0 Å². The fourth-order valence-corrected chi connectivity index (χ4v) is 3.64. The van der Waals surface area contributed by atoms with E-state index in [0.29, 0.717) is 5.56 Å². The molecule has 8 heteroatoms. The molecular weight excluding hydrogens is 360 g/mol. The lowest BCUT2D eigenvalue weighted by Crippen LogP contribution is -2.58. The molecule has 1 aliphatic heterocycles. The topological polar surface area (TPSA) is 98.5 Å². The number of Topliss-reactive ketones (excluding diaryl/α,β-unsaturated/α-hetero) is 1. The van der Waals surface area contributed by atoms with Crippen molar-refractivity contribution in [3.63, 3.8) is 0 Å². The van der Waals surface area contributed by atoms with Gasteiger partial charge in [0.2, 0.25) is 0 Å². The molecule has 26 heavy (non-hydrogen) atoms. The molecule has 2 rings (SSSR count). The zero-order valence-electron chi connectivity index (χ0n) is 14.8. The zero-order chi connectivity index (χ0) is 19.5. The molecule has 1 aliphatic rings. The van der Waals surface area contributed by atoms with E-state index < -0.39 is 28.3 Å². The van der Waals surface area contributed by atoms with Gasteiger partial charge in [0.25, 0.3) is 5.69 Å². The van der Waals surface area contributed by atoms with Crippen molar-refractivity contribution < 1.29 is 19.2 Å². The molecule has 1 aromatic carbocycles. The lowest BCUT2D eigenvalue weighted by molar-refractivity contribution is -0.384. The number of ether oxygens (including phenoxy) is 1. The molecule has 1 aromatic rings. The summed E-state index contributed by atoms with van der Waals surface area (Å²) in [6, 6.07) is 5.41. The monoisotopic (exact) mass is 380 g/mol. The largest absolute Gasteiger partial charge is 0.464 e. The highest BCUT2D eigenvalue weighted by Crippen LogP contribution is 2.46. The normalized spacial score (nSPS) is 25.0. The molecule has 0 aliphatic carbocycles. The number of esters is 1. The molecule has 0 radical (unpaired) electrons. The molecule has 0 aromatic heterocycles. The number of carbonyl (C=O) groups excluding carboxylic acids is 2. The molecule has 3 atom stereocenters. The van der Waals surface area contributed by atoms with Crippen molar-refractivity contribution in [2.24, 2.45) is 5.41 Å². The Kier molecular flexibility index (Phi) is 6.02. The van der Waals surface area contributed by atoms with E-state index in [9.17, 15) is 19.7 Å². The minimum absolute atomic E-state index is 0.0213. The van der Waals surface area contributed by atoms with Gasteiger partial charge in [-0.25, -0.2) is 0 Å². The van der Waals surface area contributed by atoms with Gasteiger partial charge < -0.3 is 10.1 Å². The number of nitrogens with zero attached hydrogens (tertiary/aromatic N) is 1. The summed E-state index contributed by atoms with van der Waals surface area (Å²) < 4.78 is 5.24. The Labute approximate surface area is 156 Å². The van der Waals surface area contributed by atoms with Crippen LogP contribution in [0.3, 0.4) is 0 Å². The van der Waals surface area contributed by atoms with Crippen LogP contribution in [0.1, 0.15) is 32.3 Å². The Hall–Kier alpha value is -2.41. The van der Waals surface area contributed by atoms with E-state index in [0.717, 1.165) is 5.70 Å². The predicted molar refractivity (Wildman–Crippen MR) is 97.0 cm³/mol. The number of halogens is 1. The first-order valence-electron chi connectivity index (χ1n) is 8.18. The second-order valence-electron chi connectivity index (χ2n) is 6.30. The van der Waals surface area contributed by atoms with Crippen LogP contribution >= 0.6 is 11.6 Å². The second-order valence-corrected chi connectivity index (χ2v) is 6.67. The number of hydrogen-bond acceptors (Lipinski definition) is 6. The zero-order valence-corrected chi connectivity index (χ0v) is 15.6. The molecule has 0 saturated heterocycles. The van der Waals surface area contributed by atoms with Crippen LogP contribution in [0.5, 0.6) is 0 Å². The highest BCUT2D eigenvalue weighted by atomic mass is 35.5. The van der Waals surface area contributed by atoms with Crippen LogP contribution in [0.4, 0.5) is 5.69 Å². The molecular formula is C18H21ClN2O5. The van der Waals surface area contributed by atoms with Gasteiger partial charge in [-0.1, -0.05) is 18.2 Å². The quantitative estimate of drug-likeness (QED) is 0.268. The minimum atomic E-state index is -1.54. The van der Waals surface area contributed by atoms with Crippen molar-refractivity contribution >= 4 is 29.0 Å². The number of carbonyl (C=O) groups is 2. The average molecular weight is 381 g/mol. The van der Waals surface area contributed by atoms with E-state index in [1.165, 1.54) is 19.1 Å². The first-order chi connectivity index (χ1) is 12.2. The Morgan fingerprint density at radius 3 is 2.69 bits per heavy atom. The van der Waals surface area contributed by atoms with E-state index in [1.54, 1.807) is 25.1 Å². The lowest BCUT2D eigenvalue weighted by Gasteiger charge is -2.44. The number of allylic oxidation sites excluding steroid dienone is 2. The number of nitro groups is 1. The van der Waals surface area contributed by atoms with Crippen molar-refractivity contribution in [3.8, 4) is 0 Å². The summed E-state index contributed by atoms with van der Waals surface area (Å²) in [4.78, 5) is 36.3. The molecule has 140 valence electrons. The number of benzene rings is 1. The molecule has 0 bridgehead atoms. The standard InChI is InChI=1S/C18H21ClN2O5/c1-11-9-16(14-5-4-6-15(10-14)21(24)25)18(13(3)22,12(2)20-11)17(23)26-8-7-19/h4-6,9-10,12,16,20H,7-8H2,1-3H3. The number of ketones is 1. The fourth-order valence-electron chi connectivity index (χ4n) is 3.57. The summed E-state index contributed by atoms with van der Waals surface area (Å²) in [7, 11) is 0. The number of nitrogens with one attached hydrogen (secondary N) is 1. The van der Waals surface area contributed by atoms with Gasteiger partial charge in [-0.2, -0.15) is 0 Å². The van der Waals surface area contributed by atoms with Gasteiger partial charge in [0.05, 0.1) is 10.8 Å². The maximum atomic E-state index is 12.9.